The van der Waals surface area contributed by atoms with E-state index in [2.05, 4.69) is 4.98 Å². The molecule has 0 atom stereocenters. The SMILES string of the molecule is N#Cc1nccn1CCOc1ccc(N)cc1. The Morgan fingerprint density at radius 3 is 2.82 bits per heavy atom. The summed E-state index contributed by atoms with van der Waals surface area (Å²) in [6, 6.07) is 9.21. The van der Waals surface area contributed by atoms with Crippen LogP contribution in [-0.2, 0) is 6.54 Å². The molecule has 0 bridgehead atoms. The van der Waals surface area contributed by atoms with Crippen molar-refractivity contribution in [3.8, 4) is 11.8 Å². The highest BCUT2D eigenvalue weighted by atomic mass is 16.5. The first-order valence-electron chi connectivity index (χ1n) is 5.19. The van der Waals surface area contributed by atoms with Crippen LogP contribution in [0.3, 0.4) is 0 Å². The number of nitrogen functional groups attached to an aromatic ring is 1. The smallest absolute Gasteiger partial charge is 0.212 e. The molecule has 0 spiro atoms. The number of hydrogen-bond donors (Lipinski definition) is 1. The Morgan fingerprint density at radius 1 is 1.35 bits per heavy atom. The molecule has 5 heteroatoms. The molecule has 0 radical (unpaired) electrons. The number of hydrogen-bond acceptors (Lipinski definition) is 4. The monoisotopic (exact) mass is 228 g/mol. The molecule has 1 heterocycles. The number of nitrogens with two attached hydrogens (primary N) is 1. The minimum absolute atomic E-state index is 0.394. The topological polar surface area (TPSA) is 76.9 Å². The highest BCUT2D eigenvalue weighted by Gasteiger charge is 2.00. The van der Waals surface area contributed by atoms with Crippen LogP contribution in [0.1, 0.15) is 5.82 Å². The van der Waals surface area contributed by atoms with Crippen LogP contribution < -0.4 is 10.5 Å². The van der Waals surface area contributed by atoms with Crippen molar-refractivity contribution in [1.82, 2.24) is 9.55 Å². The quantitative estimate of drug-likeness (QED) is 0.803. The Hall–Kier alpha value is -2.48. The third-order valence-corrected chi connectivity index (χ3v) is 2.30. The van der Waals surface area contributed by atoms with Crippen LogP contribution in [-0.4, -0.2) is 16.2 Å². The van der Waals surface area contributed by atoms with Crippen molar-refractivity contribution in [2.24, 2.45) is 0 Å². The molecule has 5 nitrogen and oxygen atoms in total. The fourth-order valence-electron chi connectivity index (χ4n) is 1.43. The Labute approximate surface area is 99.1 Å². The van der Waals surface area contributed by atoms with Crippen LogP contribution in [0.15, 0.2) is 36.7 Å². The van der Waals surface area contributed by atoms with Crippen LogP contribution >= 0.6 is 0 Å². The fraction of sp³-hybridized carbons (Fsp3) is 0.167. The van der Waals surface area contributed by atoms with Crippen molar-refractivity contribution in [2.45, 2.75) is 6.54 Å². The second-order valence-corrected chi connectivity index (χ2v) is 3.47. The predicted octanol–water partition coefficient (Wildman–Crippen LogP) is 1.42. The van der Waals surface area contributed by atoms with Crippen molar-refractivity contribution in [2.75, 3.05) is 12.3 Å². The minimum atomic E-state index is 0.394. The van der Waals surface area contributed by atoms with E-state index in [1.54, 1.807) is 29.1 Å². The van der Waals surface area contributed by atoms with Gasteiger partial charge in [-0.2, -0.15) is 5.26 Å². The second kappa shape index (κ2) is 5.03. The van der Waals surface area contributed by atoms with E-state index in [1.165, 1.54) is 0 Å². The van der Waals surface area contributed by atoms with Crippen LogP contribution in [0.5, 0.6) is 5.75 Å². The molecule has 1 aromatic carbocycles. The molecule has 0 saturated carbocycles. The second-order valence-electron chi connectivity index (χ2n) is 3.47. The summed E-state index contributed by atoms with van der Waals surface area (Å²) in [6.45, 7) is 1.07. The number of ether oxygens (including phenoxy) is 1. The molecule has 0 saturated heterocycles. The van der Waals surface area contributed by atoms with Crippen molar-refractivity contribution in [3.05, 3.63) is 42.5 Å². The van der Waals surface area contributed by atoms with Gasteiger partial charge >= 0.3 is 0 Å². The van der Waals surface area contributed by atoms with Crippen LogP contribution in [0.4, 0.5) is 5.69 Å². The van der Waals surface area contributed by atoms with Gasteiger partial charge in [-0.15, -0.1) is 0 Å². The van der Waals surface area contributed by atoms with Crippen molar-refractivity contribution in [3.63, 3.8) is 0 Å². The van der Waals surface area contributed by atoms with E-state index in [0.29, 0.717) is 24.7 Å². The zero-order valence-electron chi connectivity index (χ0n) is 9.21. The van der Waals surface area contributed by atoms with Gasteiger partial charge in [0, 0.05) is 18.1 Å². The maximum absolute atomic E-state index is 8.77. The molecular formula is C12H12N4O. The van der Waals surface area contributed by atoms with E-state index in [-0.39, 0.29) is 0 Å². The van der Waals surface area contributed by atoms with E-state index < -0.39 is 0 Å². The number of nitrogens with zero attached hydrogens (tertiary/aromatic N) is 3. The molecule has 0 unspecified atom stereocenters. The lowest BCUT2D eigenvalue weighted by Crippen LogP contribution is -2.09. The van der Waals surface area contributed by atoms with Gasteiger partial charge in [-0.25, -0.2) is 4.98 Å². The molecule has 0 fully saturated rings. The third-order valence-electron chi connectivity index (χ3n) is 2.30. The van der Waals surface area contributed by atoms with Gasteiger partial charge in [0.1, 0.15) is 18.4 Å². The minimum Gasteiger partial charge on any atom is -0.492 e. The highest BCUT2D eigenvalue weighted by Crippen LogP contribution is 2.12. The van der Waals surface area contributed by atoms with Crippen LogP contribution in [0, 0.1) is 11.3 Å². The number of aromatic nitrogens is 2. The fourth-order valence-corrected chi connectivity index (χ4v) is 1.43. The summed E-state index contributed by atoms with van der Waals surface area (Å²) in [7, 11) is 0. The molecule has 0 aliphatic rings. The van der Waals surface area contributed by atoms with Crippen LogP contribution in [0.25, 0.3) is 0 Å². The third kappa shape index (κ3) is 2.75. The zero-order chi connectivity index (χ0) is 12.1. The standard InChI is InChI=1S/C12H12N4O/c13-9-12-15-5-6-16(12)7-8-17-11-3-1-10(14)2-4-11/h1-6H,7-8,14H2. The summed E-state index contributed by atoms with van der Waals surface area (Å²) in [5.74, 6) is 1.16. The van der Waals surface area contributed by atoms with Gasteiger partial charge in [0.15, 0.2) is 0 Å². The van der Waals surface area contributed by atoms with E-state index in [4.69, 9.17) is 15.7 Å². The van der Waals surface area contributed by atoms with E-state index in [0.717, 1.165) is 5.75 Å². The first-order chi connectivity index (χ1) is 8.29. The molecular weight excluding hydrogens is 216 g/mol. The lowest BCUT2D eigenvalue weighted by molar-refractivity contribution is 0.298. The molecule has 1 aromatic heterocycles. The van der Waals surface area contributed by atoms with E-state index >= 15 is 0 Å². The average molecular weight is 228 g/mol. The largest absolute Gasteiger partial charge is 0.492 e. The summed E-state index contributed by atoms with van der Waals surface area (Å²) in [4.78, 5) is 3.90. The Kier molecular flexibility index (Phi) is 3.26. The van der Waals surface area contributed by atoms with Crippen LogP contribution in [0.2, 0.25) is 0 Å². The molecule has 0 aliphatic heterocycles. The molecule has 2 N–H and O–H groups in total. The van der Waals surface area contributed by atoms with Gasteiger partial charge in [0.25, 0.3) is 0 Å². The van der Waals surface area contributed by atoms with Crippen molar-refractivity contribution < 1.29 is 4.74 Å². The van der Waals surface area contributed by atoms with Crippen molar-refractivity contribution >= 4 is 5.69 Å². The number of nitriles is 1. The van der Waals surface area contributed by atoms with Crippen molar-refractivity contribution in [1.29, 1.82) is 5.26 Å². The molecule has 2 rings (SSSR count). The number of benzene rings is 1. The number of rotatable bonds is 4. The van der Waals surface area contributed by atoms with Gasteiger partial charge in [0.05, 0.1) is 6.54 Å². The molecule has 2 aromatic rings. The van der Waals surface area contributed by atoms with E-state index in [9.17, 15) is 0 Å². The first kappa shape index (κ1) is 11.0. The summed E-state index contributed by atoms with van der Waals surface area (Å²) >= 11 is 0. The Balaban J connectivity index is 1.88. The number of anilines is 1. The summed E-state index contributed by atoms with van der Waals surface area (Å²) in [5, 5.41) is 8.77. The Bertz CT molecular complexity index is 524. The molecule has 0 aliphatic carbocycles. The maximum Gasteiger partial charge on any atom is 0.212 e. The number of imidazole rings is 1. The van der Waals surface area contributed by atoms with Gasteiger partial charge in [0.2, 0.25) is 5.82 Å². The predicted molar refractivity (Wildman–Crippen MR) is 63.3 cm³/mol. The lowest BCUT2D eigenvalue weighted by atomic mass is 10.3. The lowest BCUT2D eigenvalue weighted by Gasteiger charge is -2.07. The normalized spacial score (nSPS) is 9.82. The summed E-state index contributed by atoms with van der Waals surface area (Å²) < 4.78 is 7.27. The molecule has 17 heavy (non-hydrogen) atoms. The first-order valence-corrected chi connectivity index (χ1v) is 5.19. The van der Waals surface area contributed by atoms with E-state index in [1.807, 2.05) is 18.2 Å². The van der Waals surface area contributed by atoms with Gasteiger partial charge in [-0.05, 0) is 24.3 Å². The van der Waals surface area contributed by atoms with Gasteiger partial charge < -0.3 is 15.0 Å². The highest BCUT2D eigenvalue weighted by molar-refractivity contribution is 5.41. The summed E-state index contributed by atoms with van der Waals surface area (Å²) in [6.07, 6.45) is 3.35. The average Bonchev–Trinajstić information content (AvgIpc) is 2.79. The molecule has 0 amide bonds. The van der Waals surface area contributed by atoms with Gasteiger partial charge in [-0.3, -0.25) is 0 Å². The zero-order valence-corrected chi connectivity index (χ0v) is 9.21. The maximum atomic E-state index is 8.77. The molecule has 86 valence electrons. The van der Waals surface area contributed by atoms with Gasteiger partial charge in [-0.1, -0.05) is 0 Å². The summed E-state index contributed by atoms with van der Waals surface area (Å²) in [5.41, 5.74) is 6.27. The Morgan fingerprint density at radius 2 is 2.12 bits per heavy atom.